The number of rotatable bonds is 3. The van der Waals surface area contributed by atoms with E-state index in [-0.39, 0.29) is 5.56 Å². The first kappa shape index (κ1) is 12.9. The molecule has 0 saturated carbocycles. The van der Waals surface area contributed by atoms with Crippen LogP contribution in [0.15, 0.2) is 54.7 Å². The highest BCUT2D eigenvalue weighted by molar-refractivity contribution is 5.96. The van der Waals surface area contributed by atoms with Gasteiger partial charge in [-0.25, -0.2) is 0 Å². The number of primary amides is 1. The molecule has 104 valence electrons. The number of nitrogen functional groups attached to an aromatic ring is 1. The Labute approximate surface area is 121 Å². The molecule has 0 spiro atoms. The second kappa shape index (κ2) is 5.13. The van der Waals surface area contributed by atoms with E-state index in [2.05, 4.69) is 4.98 Å². The van der Waals surface area contributed by atoms with Gasteiger partial charge in [0.25, 0.3) is 5.91 Å². The van der Waals surface area contributed by atoms with Crippen LogP contribution in [-0.4, -0.2) is 10.9 Å². The molecule has 0 aliphatic rings. The second-order valence-electron chi connectivity index (χ2n) is 4.58. The molecule has 0 atom stereocenters. The molecule has 0 unspecified atom stereocenters. The number of pyridine rings is 1. The summed E-state index contributed by atoms with van der Waals surface area (Å²) >= 11 is 0. The zero-order valence-corrected chi connectivity index (χ0v) is 11.1. The van der Waals surface area contributed by atoms with Crippen LogP contribution in [0.4, 0.5) is 5.69 Å². The number of amides is 1. The first-order valence-electron chi connectivity index (χ1n) is 6.35. The van der Waals surface area contributed by atoms with E-state index >= 15 is 0 Å². The minimum absolute atomic E-state index is 0.246. The summed E-state index contributed by atoms with van der Waals surface area (Å²) in [4.78, 5) is 15.7. The summed E-state index contributed by atoms with van der Waals surface area (Å²) in [7, 11) is 0. The van der Waals surface area contributed by atoms with Gasteiger partial charge < -0.3 is 16.2 Å². The lowest BCUT2D eigenvalue weighted by Gasteiger charge is -2.10. The third-order valence-corrected chi connectivity index (χ3v) is 3.07. The number of hydrogen-bond acceptors (Lipinski definition) is 4. The largest absolute Gasteiger partial charge is 0.456 e. The molecule has 3 aromatic rings. The van der Waals surface area contributed by atoms with Crippen molar-refractivity contribution in [2.75, 3.05) is 5.73 Å². The van der Waals surface area contributed by atoms with Crippen molar-refractivity contribution in [1.29, 1.82) is 0 Å². The highest BCUT2D eigenvalue weighted by Gasteiger charge is 2.11. The summed E-state index contributed by atoms with van der Waals surface area (Å²) in [5, 5.41) is 1.01. The molecule has 0 saturated heterocycles. The highest BCUT2D eigenvalue weighted by Crippen LogP contribution is 2.28. The van der Waals surface area contributed by atoms with Crippen LogP contribution in [0.1, 0.15) is 10.4 Å². The van der Waals surface area contributed by atoms with Crippen molar-refractivity contribution in [2.24, 2.45) is 5.73 Å². The monoisotopic (exact) mass is 279 g/mol. The standard InChI is InChI=1S/C16H13N3O2/c17-11-4-6-15(13(8-11)16(18)20)21-12-5-3-10-2-1-7-19-14(10)9-12/h1-9H,17H2,(H2,18,20). The normalized spacial score (nSPS) is 10.5. The van der Waals surface area contributed by atoms with Gasteiger partial charge in [-0.15, -0.1) is 0 Å². The van der Waals surface area contributed by atoms with Gasteiger partial charge in [-0.2, -0.15) is 0 Å². The zero-order chi connectivity index (χ0) is 14.8. The van der Waals surface area contributed by atoms with Crippen molar-refractivity contribution in [1.82, 2.24) is 4.98 Å². The fourth-order valence-corrected chi connectivity index (χ4v) is 2.07. The number of ether oxygens (including phenoxy) is 1. The molecule has 5 nitrogen and oxygen atoms in total. The average Bonchev–Trinajstić information content (AvgIpc) is 2.49. The third kappa shape index (κ3) is 2.62. The summed E-state index contributed by atoms with van der Waals surface area (Å²) in [6, 6.07) is 14.1. The van der Waals surface area contributed by atoms with Crippen LogP contribution in [0.3, 0.4) is 0 Å². The molecule has 4 N–H and O–H groups in total. The van der Waals surface area contributed by atoms with Gasteiger partial charge in [-0.05, 0) is 36.4 Å². The van der Waals surface area contributed by atoms with Crippen LogP contribution in [-0.2, 0) is 0 Å². The number of hydrogen-bond donors (Lipinski definition) is 2. The molecule has 0 aliphatic carbocycles. The average molecular weight is 279 g/mol. The van der Waals surface area contributed by atoms with E-state index < -0.39 is 5.91 Å². The molecule has 0 radical (unpaired) electrons. The summed E-state index contributed by atoms with van der Waals surface area (Å²) in [5.74, 6) is 0.358. The van der Waals surface area contributed by atoms with Crippen LogP contribution >= 0.6 is 0 Å². The number of carbonyl (C=O) groups is 1. The molecule has 0 fully saturated rings. The van der Waals surface area contributed by atoms with Crippen molar-refractivity contribution >= 4 is 22.5 Å². The number of fused-ring (bicyclic) bond motifs is 1. The zero-order valence-electron chi connectivity index (χ0n) is 11.1. The molecular formula is C16H13N3O2. The highest BCUT2D eigenvalue weighted by atomic mass is 16.5. The summed E-state index contributed by atoms with van der Waals surface area (Å²) in [6.45, 7) is 0. The van der Waals surface area contributed by atoms with Gasteiger partial charge in [0.2, 0.25) is 0 Å². The van der Waals surface area contributed by atoms with Crippen LogP contribution < -0.4 is 16.2 Å². The molecule has 5 heteroatoms. The van der Waals surface area contributed by atoms with Crippen LogP contribution in [0.2, 0.25) is 0 Å². The van der Waals surface area contributed by atoms with E-state index in [1.807, 2.05) is 24.3 Å². The maximum atomic E-state index is 11.5. The second-order valence-corrected chi connectivity index (χ2v) is 4.58. The molecule has 21 heavy (non-hydrogen) atoms. The van der Waals surface area contributed by atoms with Crippen molar-refractivity contribution in [3.8, 4) is 11.5 Å². The van der Waals surface area contributed by atoms with E-state index in [1.165, 1.54) is 6.07 Å². The molecule has 3 rings (SSSR count). The number of nitrogens with zero attached hydrogens (tertiary/aromatic N) is 1. The van der Waals surface area contributed by atoms with E-state index in [9.17, 15) is 4.79 Å². The quantitative estimate of drug-likeness (QED) is 0.721. The molecule has 1 amide bonds. The molecule has 0 bridgehead atoms. The summed E-state index contributed by atoms with van der Waals surface area (Å²) < 4.78 is 5.74. The Morgan fingerprint density at radius 2 is 1.95 bits per heavy atom. The van der Waals surface area contributed by atoms with E-state index in [0.717, 1.165) is 10.9 Å². The van der Waals surface area contributed by atoms with Gasteiger partial charge in [0.05, 0.1) is 11.1 Å². The smallest absolute Gasteiger partial charge is 0.252 e. The van der Waals surface area contributed by atoms with Gasteiger partial charge >= 0.3 is 0 Å². The number of anilines is 1. The number of carbonyl (C=O) groups excluding carboxylic acids is 1. The number of nitrogens with two attached hydrogens (primary N) is 2. The third-order valence-electron chi connectivity index (χ3n) is 3.07. The lowest BCUT2D eigenvalue weighted by atomic mass is 10.1. The molecular weight excluding hydrogens is 266 g/mol. The molecule has 0 aliphatic heterocycles. The molecule has 1 heterocycles. The minimum Gasteiger partial charge on any atom is -0.456 e. The Kier molecular flexibility index (Phi) is 3.16. The number of benzene rings is 2. The van der Waals surface area contributed by atoms with E-state index in [0.29, 0.717) is 17.2 Å². The van der Waals surface area contributed by atoms with Gasteiger partial charge in [-0.1, -0.05) is 6.07 Å². The van der Waals surface area contributed by atoms with Crippen LogP contribution in [0.25, 0.3) is 10.9 Å². The molecule has 2 aromatic carbocycles. The Hall–Kier alpha value is -3.08. The Bertz CT molecular complexity index is 831. The minimum atomic E-state index is -0.587. The van der Waals surface area contributed by atoms with Crippen molar-refractivity contribution in [2.45, 2.75) is 0 Å². The maximum Gasteiger partial charge on any atom is 0.252 e. The predicted octanol–water partition coefficient (Wildman–Crippen LogP) is 2.71. The van der Waals surface area contributed by atoms with Gasteiger partial charge in [0.1, 0.15) is 11.5 Å². The fraction of sp³-hybridized carbons (Fsp3) is 0. The van der Waals surface area contributed by atoms with Crippen LogP contribution in [0.5, 0.6) is 11.5 Å². The van der Waals surface area contributed by atoms with E-state index in [1.54, 1.807) is 24.4 Å². The van der Waals surface area contributed by atoms with Crippen molar-refractivity contribution in [3.63, 3.8) is 0 Å². The van der Waals surface area contributed by atoms with Gasteiger partial charge in [-0.3, -0.25) is 9.78 Å². The van der Waals surface area contributed by atoms with Crippen molar-refractivity contribution in [3.05, 3.63) is 60.3 Å². The van der Waals surface area contributed by atoms with Crippen LogP contribution in [0, 0.1) is 0 Å². The predicted molar refractivity (Wildman–Crippen MR) is 81.2 cm³/mol. The number of aromatic nitrogens is 1. The first-order chi connectivity index (χ1) is 10.1. The fourth-order valence-electron chi connectivity index (χ4n) is 2.07. The van der Waals surface area contributed by atoms with Crippen molar-refractivity contribution < 1.29 is 9.53 Å². The van der Waals surface area contributed by atoms with Gasteiger partial charge in [0, 0.05) is 23.3 Å². The van der Waals surface area contributed by atoms with Gasteiger partial charge in [0.15, 0.2) is 0 Å². The summed E-state index contributed by atoms with van der Waals surface area (Å²) in [6.07, 6.45) is 1.71. The maximum absolute atomic E-state index is 11.5. The first-order valence-corrected chi connectivity index (χ1v) is 6.35. The summed E-state index contributed by atoms with van der Waals surface area (Å²) in [5.41, 5.74) is 12.5. The lowest BCUT2D eigenvalue weighted by Crippen LogP contribution is -2.12. The molecule has 1 aromatic heterocycles. The lowest BCUT2D eigenvalue weighted by molar-refractivity contribution is 0.0998. The topological polar surface area (TPSA) is 91.2 Å². The Morgan fingerprint density at radius 1 is 1.10 bits per heavy atom. The van der Waals surface area contributed by atoms with E-state index in [4.69, 9.17) is 16.2 Å². The Balaban J connectivity index is 2.00. The Morgan fingerprint density at radius 3 is 2.76 bits per heavy atom. The SMILES string of the molecule is NC(=O)c1cc(N)ccc1Oc1ccc2cccnc2c1.